The third kappa shape index (κ3) is 6.30. The van der Waals surface area contributed by atoms with Gasteiger partial charge >= 0.3 is 6.01 Å². The van der Waals surface area contributed by atoms with Crippen LogP contribution in [0.15, 0.2) is 12.2 Å². The number of carbonyl (C=O) groups is 1. The molecule has 0 spiro atoms. The van der Waals surface area contributed by atoms with Gasteiger partial charge in [0.05, 0.1) is 21.3 Å². The number of aromatic nitrogens is 2. The van der Waals surface area contributed by atoms with E-state index < -0.39 is 0 Å². The average Bonchev–Trinajstić information content (AvgIpc) is 2.64. The molecule has 8 heteroatoms. The third-order valence-corrected chi connectivity index (χ3v) is 5.62. The predicted molar refractivity (Wildman–Crippen MR) is 106 cm³/mol. The van der Waals surface area contributed by atoms with Crippen molar-refractivity contribution < 1.29 is 19.0 Å². The minimum Gasteiger partial charge on any atom is -0.480 e. The number of nitrogens with zero attached hydrogens (tertiary/aromatic N) is 2. The van der Waals surface area contributed by atoms with Crippen molar-refractivity contribution in [2.45, 2.75) is 39.0 Å². The molecule has 1 amide bonds. The van der Waals surface area contributed by atoms with Gasteiger partial charge in [-0.25, -0.2) is 0 Å². The van der Waals surface area contributed by atoms with Crippen LogP contribution in [0.5, 0.6) is 17.8 Å². The quantitative estimate of drug-likeness (QED) is 0.452. The summed E-state index contributed by atoms with van der Waals surface area (Å²) in [4.78, 5) is 20.6. The smallest absolute Gasteiger partial charge is 0.322 e. The molecule has 0 bridgehead atoms. The summed E-state index contributed by atoms with van der Waals surface area (Å²) in [5, 5.41) is 0. The molecule has 1 N–H and O–H groups in total. The van der Waals surface area contributed by atoms with E-state index in [1.807, 2.05) is 0 Å². The van der Waals surface area contributed by atoms with Crippen LogP contribution in [0.4, 0.5) is 0 Å². The molecule has 1 saturated carbocycles. The Bertz CT molecular complexity index is 625. The maximum absolute atomic E-state index is 12.5. The number of amides is 1. The Labute approximate surface area is 165 Å². The molecular weight excluding hydrogens is 366 g/mol. The van der Waals surface area contributed by atoms with E-state index in [0.717, 1.165) is 18.1 Å². The molecule has 2 rings (SSSR count). The Morgan fingerprint density at radius 2 is 1.85 bits per heavy atom. The summed E-state index contributed by atoms with van der Waals surface area (Å²) in [7, 11) is 4.30. The van der Waals surface area contributed by atoms with E-state index in [2.05, 4.69) is 33.8 Å². The first-order valence-electron chi connectivity index (χ1n) is 9.20. The maximum atomic E-state index is 12.5. The van der Waals surface area contributed by atoms with Crippen LogP contribution < -0.4 is 18.9 Å². The van der Waals surface area contributed by atoms with Crippen LogP contribution in [0.1, 0.15) is 49.4 Å². The summed E-state index contributed by atoms with van der Waals surface area (Å²) in [5.41, 5.74) is 0.154. The summed E-state index contributed by atoms with van der Waals surface area (Å²) >= 11 is 1.36. The highest BCUT2D eigenvalue weighted by Gasteiger charge is 2.23. The molecule has 7 nitrogen and oxygen atoms in total. The number of allylic oxidation sites excluding steroid dienone is 2. The Kier molecular flexibility index (Phi) is 8.71. The van der Waals surface area contributed by atoms with Crippen LogP contribution >= 0.6 is 11.9 Å². The van der Waals surface area contributed by atoms with Crippen molar-refractivity contribution in [1.82, 2.24) is 14.7 Å². The highest BCUT2D eigenvalue weighted by Crippen LogP contribution is 2.30. The van der Waals surface area contributed by atoms with Gasteiger partial charge in [0.25, 0.3) is 5.91 Å². The lowest BCUT2D eigenvalue weighted by Crippen LogP contribution is -2.20. The van der Waals surface area contributed by atoms with Crippen molar-refractivity contribution in [3.05, 3.63) is 17.7 Å². The number of hydrogen-bond donors (Lipinski definition) is 1. The molecule has 1 heterocycles. The second kappa shape index (κ2) is 11.0. The fourth-order valence-corrected chi connectivity index (χ4v) is 3.43. The molecule has 0 aliphatic heterocycles. The molecule has 0 saturated heterocycles. The molecule has 1 aliphatic rings. The molecular formula is C19H29N3O4S. The molecule has 0 radical (unpaired) electrons. The minimum atomic E-state index is -0.357. The van der Waals surface area contributed by atoms with E-state index >= 15 is 0 Å². The van der Waals surface area contributed by atoms with Gasteiger partial charge in [0.2, 0.25) is 11.8 Å². The van der Waals surface area contributed by atoms with Crippen molar-refractivity contribution >= 4 is 17.9 Å². The topological polar surface area (TPSA) is 82.6 Å². The van der Waals surface area contributed by atoms with E-state index in [4.69, 9.17) is 14.2 Å². The SMILES string of the molecule is COc1nc(OC)c(C(=O)NSC[C@@H](C)C/C=C/CC2CCC2)c(OC)n1. The van der Waals surface area contributed by atoms with Crippen molar-refractivity contribution in [2.24, 2.45) is 11.8 Å². The minimum absolute atomic E-state index is 0.0789. The molecule has 1 atom stereocenters. The molecule has 1 aromatic heterocycles. The average molecular weight is 396 g/mol. The van der Waals surface area contributed by atoms with Gasteiger partial charge in [0.1, 0.15) is 0 Å². The second-order valence-corrected chi connectivity index (χ2v) is 7.52. The lowest BCUT2D eigenvalue weighted by molar-refractivity contribution is 0.0976. The monoisotopic (exact) mass is 395 g/mol. The number of hydrogen-bond acceptors (Lipinski definition) is 7. The van der Waals surface area contributed by atoms with Crippen molar-refractivity contribution in [1.29, 1.82) is 0 Å². The first kappa shape index (κ1) is 21.3. The summed E-state index contributed by atoms with van der Waals surface area (Å²) in [6.45, 7) is 2.17. The first-order chi connectivity index (χ1) is 13.1. The van der Waals surface area contributed by atoms with E-state index in [-0.39, 0.29) is 29.2 Å². The zero-order valence-electron chi connectivity index (χ0n) is 16.5. The summed E-state index contributed by atoms with van der Waals surface area (Å²) < 4.78 is 18.2. The highest BCUT2D eigenvalue weighted by molar-refractivity contribution is 7.97. The molecule has 150 valence electrons. The van der Waals surface area contributed by atoms with Crippen molar-refractivity contribution in [2.75, 3.05) is 27.1 Å². The predicted octanol–water partition coefficient (Wildman–Crippen LogP) is 3.65. The van der Waals surface area contributed by atoms with Gasteiger partial charge < -0.3 is 14.2 Å². The van der Waals surface area contributed by atoms with Gasteiger partial charge in [-0.05, 0) is 36.6 Å². The van der Waals surface area contributed by atoms with Gasteiger partial charge in [-0.1, -0.05) is 38.3 Å². The van der Waals surface area contributed by atoms with Gasteiger partial charge in [-0.3, -0.25) is 9.52 Å². The highest BCUT2D eigenvalue weighted by atomic mass is 32.2. The van der Waals surface area contributed by atoms with Crippen LogP contribution in [0.2, 0.25) is 0 Å². The van der Waals surface area contributed by atoms with Gasteiger partial charge in [0.15, 0.2) is 5.56 Å². The van der Waals surface area contributed by atoms with Crippen LogP contribution in [-0.4, -0.2) is 43.0 Å². The normalized spacial score (nSPS) is 15.3. The van der Waals surface area contributed by atoms with Gasteiger partial charge in [0, 0.05) is 5.75 Å². The summed E-state index contributed by atoms with van der Waals surface area (Å²) in [6.07, 6.45) is 10.9. The Morgan fingerprint density at radius 1 is 1.19 bits per heavy atom. The molecule has 0 aromatic carbocycles. The maximum Gasteiger partial charge on any atom is 0.322 e. The molecule has 0 unspecified atom stereocenters. The van der Waals surface area contributed by atoms with Crippen LogP contribution in [0, 0.1) is 11.8 Å². The van der Waals surface area contributed by atoms with E-state index in [9.17, 15) is 4.79 Å². The third-order valence-electron chi connectivity index (χ3n) is 4.55. The van der Waals surface area contributed by atoms with Crippen LogP contribution in [0.25, 0.3) is 0 Å². The molecule has 27 heavy (non-hydrogen) atoms. The Morgan fingerprint density at radius 3 is 2.37 bits per heavy atom. The van der Waals surface area contributed by atoms with Gasteiger partial charge in [-0.15, -0.1) is 0 Å². The summed E-state index contributed by atoms with van der Waals surface area (Å²) in [6, 6.07) is 0.0789. The fraction of sp³-hybridized carbons (Fsp3) is 0.632. The van der Waals surface area contributed by atoms with E-state index in [1.165, 1.54) is 59.0 Å². The first-order valence-corrected chi connectivity index (χ1v) is 10.2. The largest absolute Gasteiger partial charge is 0.480 e. The van der Waals surface area contributed by atoms with Crippen molar-refractivity contribution in [3.8, 4) is 17.8 Å². The van der Waals surface area contributed by atoms with Crippen LogP contribution in [0.3, 0.4) is 0 Å². The number of nitrogens with one attached hydrogen (secondary N) is 1. The van der Waals surface area contributed by atoms with Crippen molar-refractivity contribution in [3.63, 3.8) is 0 Å². The molecule has 1 aromatic rings. The number of carbonyl (C=O) groups excluding carboxylic acids is 1. The lowest BCUT2D eigenvalue weighted by atomic mass is 9.83. The standard InChI is InChI=1S/C19H29N3O4S/c1-13(8-5-6-9-14-10-7-11-14)12-27-22-16(23)15-17(24-2)20-19(26-4)21-18(15)25-3/h5-6,13-14H,7-12H2,1-4H3,(H,22,23)/b6-5+/t13-/m0/s1. The number of methoxy groups -OCH3 is 3. The number of ether oxygens (including phenoxy) is 3. The second-order valence-electron chi connectivity index (χ2n) is 6.69. The molecule has 1 fully saturated rings. The van der Waals surface area contributed by atoms with E-state index in [0.29, 0.717) is 5.92 Å². The fourth-order valence-electron chi connectivity index (χ4n) is 2.70. The Hall–Kier alpha value is -1.96. The Balaban J connectivity index is 1.82. The lowest BCUT2D eigenvalue weighted by Gasteiger charge is -2.23. The summed E-state index contributed by atoms with van der Waals surface area (Å²) in [5.74, 6) is 2.05. The van der Waals surface area contributed by atoms with Crippen LogP contribution in [-0.2, 0) is 0 Å². The van der Waals surface area contributed by atoms with E-state index in [1.54, 1.807) is 0 Å². The number of rotatable bonds is 11. The molecule has 1 aliphatic carbocycles. The zero-order valence-corrected chi connectivity index (χ0v) is 17.3. The zero-order chi connectivity index (χ0) is 19.6. The van der Waals surface area contributed by atoms with Gasteiger partial charge in [-0.2, -0.15) is 9.97 Å².